The van der Waals surface area contributed by atoms with E-state index < -0.39 is 5.97 Å². The quantitative estimate of drug-likeness (QED) is 0.258. The summed E-state index contributed by atoms with van der Waals surface area (Å²) in [6.07, 6.45) is 4.63. The third-order valence-electron chi connectivity index (χ3n) is 2.83. The molecular weight excluding hydrogens is 322 g/mol. The maximum Gasteiger partial charge on any atom is 0.335 e. The van der Waals surface area contributed by atoms with Crippen LogP contribution in [0.15, 0.2) is 53.9 Å². The van der Waals surface area contributed by atoms with Crippen molar-refractivity contribution < 1.29 is 36.9 Å². The summed E-state index contributed by atoms with van der Waals surface area (Å²) in [5, 5.41) is 22.9. The van der Waals surface area contributed by atoms with Crippen LogP contribution in [0.4, 0.5) is 5.69 Å². The van der Waals surface area contributed by atoms with Gasteiger partial charge in [-0.2, -0.15) is 4.57 Å². The van der Waals surface area contributed by atoms with E-state index >= 15 is 0 Å². The molecule has 0 saturated carbocycles. The molecular formula is C15H14ClN3O4. The van der Waals surface area contributed by atoms with Crippen molar-refractivity contribution in [3.63, 3.8) is 0 Å². The van der Waals surface area contributed by atoms with Crippen molar-refractivity contribution in [2.45, 2.75) is 6.54 Å². The summed E-state index contributed by atoms with van der Waals surface area (Å²) in [4.78, 5) is 22.7. The molecule has 0 spiro atoms. The molecule has 0 aliphatic rings. The number of carbonyl (C=O) groups excluding carboxylic acids is 1. The number of carboxylic acids is 1. The molecule has 120 valence electrons. The standard InChI is InChI=1S/C15H13N3O4.ClH/c19-14(10-18-7-1-2-11(9-18)8-16-22)17-13-5-3-12(4-6-13)15(20)21;/h1-9H,10H2,(H2-,17,19,20,21,22);1H/b16-8+;. The van der Waals surface area contributed by atoms with Gasteiger partial charge in [-0.05, 0) is 30.3 Å². The van der Waals surface area contributed by atoms with Crippen LogP contribution >= 0.6 is 0 Å². The number of carbonyl (C=O) groups is 2. The van der Waals surface area contributed by atoms with Crippen LogP contribution < -0.4 is 22.3 Å². The van der Waals surface area contributed by atoms with Crippen molar-refractivity contribution in [1.29, 1.82) is 0 Å². The first-order valence-electron chi connectivity index (χ1n) is 6.38. The van der Waals surface area contributed by atoms with Crippen molar-refractivity contribution >= 4 is 23.8 Å². The number of carboxylic acid groups (broad SMARTS) is 1. The summed E-state index contributed by atoms with van der Waals surface area (Å²) in [7, 11) is 0. The van der Waals surface area contributed by atoms with Crippen LogP contribution in [0, 0.1) is 0 Å². The Bertz CT molecular complexity index is 717. The van der Waals surface area contributed by atoms with Gasteiger partial charge >= 0.3 is 5.97 Å². The smallest absolute Gasteiger partial charge is 0.335 e. The fourth-order valence-corrected chi connectivity index (χ4v) is 1.85. The van der Waals surface area contributed by atoms with Gasteiger partial charge in [-0.1, -0.05) is 5.16 Å². The molecule has 3 N–H and O–H groups in total. The highest BCUT2D eigenvalue weighted by Crippen LogP contribution is 2.09. The van der Waals surface area contributed by atoms with E-state index in [0.29, 0.717) is 11.3 Å². The Morgan fingerprint density at radius 1 is 1.22 bits per heavy atom. The summed E-state index contributed by atoms with van der Waals surface area (Å²) in [5.74, 6) is -1.28. The number of benzene rings is 1. The zero-order valence-electron chi connectivity index (χ0n) is 11.9. The van der Waals surface area contributed by atoms with Crippen LogP contribution in [0.5, 0.6) is 0 Å². The number of halogens is 1. The molecule has 0 fully saturated rings. The second-order valence-electron chi connectivity index (χ2n) is 4.48. The number of rotatable bonds is 5. The Balaban J connectivity index is 0.00000264. The van der Waals surface area contributed by atoms with Crippen LogP contribution in [0.25, 0.3) is 0 Å². The summed E-state index contributed by atoms with van der Waals surface area (Å²) in [6.45, 7) is 0.0772. The van der Waals surface area contributed by atoms with E-state index in [4.69, 9.17) is 10.3 Å². The minimum atomic E-state index is -1.02. The molecule has 0 aliphatic carbocycles. The summed E-state index contributed by atoms with van der Waals surface area (Å²) in [5.41, 5.74) is 1.33. The van der Waals surface area contributed by atoms with E-state index in [1.54, 1.807) is 29.1 Å². The number of aromatic nitrogens is 1. The third-order valence-corrected chi connectivity index (χ3v) is 2.83. The Labute approximate surface area is 138 Å². The normalized spacial score (nSPS) is 10.1. The van der Waals surface area contributed by atoms with Gasteiger partial charge in [0.05, 0.1) is 17.3 Å². The lowest BCUT2D eigenvalue weighted by molar-refractivity contribution is -0.684. The first-order chi connectivity index (χ1) is 10.6. The molecule has 1 aromatic heterocycles. The number of nitrogens with one attached hydrogen (secondary N) is 1. The lowest BCUT2D eigenvalue weighted by Gasteiger charge is -2.03. The first-order valence-corrected chi connectivity index (χ1v) is 6.38. The molecule has 1 amide bonds. The molecule has 8 heteroatoms. The largest absolute Gasteiger partial charge is 1.00 e. The molecule has 1 heterocycles. The maximum atomic E-state index is 11.9. The van der Waals surface area contributed by atoms with Crippen LogP contribution in [0.3, 0.4) is 0 Å². The monoisotopic (exact) mass is 335 g/mol. The number of hydrogen-bond acceptors (Lipinski definition) is 4. The van der Waals surface area contributed by atoms with Gasteiger partial charge < -0.3 is 28.0 Å². The Morgan fingerprint density at radius 2 is 1.91 bits per heavy atom. The predicted molar refractivity (Wildman–Crippen MR) is 78.0 cm³/mol. The van der Waals surface area contributed by atoms with E-state index in [1.807, 2.05) is 0 Å². The zero-order chi connectivity index (χ0) is 15.9. The minimum absolute atomic E-state index is 0. The molecule has 2 rings (SSSR count). The number of hydrogen-bond donors (Lipinski definition) is 3. The van der Waals surface area contributed by atoms with Gasteiger partial charge in [0.25, 0.3) is 5.91 Å². The number of anilines is 1. The molecule has 0 aliphatic heterocycles. The summed E-state index contributed by atoms with van der Waals surface area (Å²) in [6, 6.07) is 9.36. The number of pyridine rings is 1. The molecule has 1 aromatic carbocycles. The van der Waals surface area contributed by atoms with E-state index in [2.05, 4.69) is 10.5 Å². The van der Waals surface area contributed by atoms with Crippen molar-refractivity contribution in [3.05, 3.63) is 59.9 Å². The van der Waals surface area contributed by atoms with E-state index in [9.17, 15) is 9.59 Å². The number of aromatic carboxylic acids is 1. The molecule has 0 radical (unpaired) electrons. The Kier molecular flexibility index (Phi) is 6.69. The van der Waals surface area contributed by atoms with Crippen molar-refractivity contribution in [1.82, 2.24) is 0 Å². The van der Waals surface area contributed by atoms with Gasteiger partial charge in [0.2, 0.25) is 6.54 Å². The number of amides is 1. The highest BCUT2D eigenvalue weighted by atomic mass is 35.5. The van der Waals surface area contributed by atoms with Crippen LogP contribution in [0.1, 0.15) is 15.9 Å². The van der Waals surface area contributed by atoms with E-state index in [-0.39, 0.29) is 30.4 Å². The lowest BCUT2D eigenvalue weighted by atomic mass is 10.2. The molecule has 23 heavy (non-hydrogen) atoms. The number of nitrogens with zero attached hydrogens (tertiary/aromatic N) is 2. The molecule has 0 unspecified atom stereocenters. The van der Waals surface area contributed by atoms with Crippen LogP contribution in [-0.4, -0.2) is 28.4 Å². The Hall–Kier alpha value is -2.93. The second-order valence-corrected chi connectivity index (χ2v) is 4.48. The van der Waals surface area contributed by atoms with Gasteiger partial charge in [-0.15, -0.1) is 0 Å². The molecule has 7 nitrogen and oxygen atoms in total. The zero-order valence-corrected chi connectivity index (χ0v) is 12.6. The fourth-order valence-electron chi connectivity index (χ4n) is 1.85. The van der Waals surface area contributed by atoms with Crippen molar-refractivity contribution in [3.8, 4) is 0 Å². The van der Waals surface area contributed by atoms with Gasteiger partial charge in [-0.3, -0.25) is 4.79 Å². The Morgan fingerprint density at radius 3 is 2.52 bits per heavy atom. The number of oxime groups is 1. The third kappa shape index (κ3) is 5.40. The topological polar surface area (TPSA) is 103 Å². The molecule has 2 aromatic rings. The van der Waals surface area contributed by atoms with Gasteiger partial charge in [-0.25, -0.2) is 4.79 Å². The molecule has 0 bridgehead atoms. The van der Waals surface area contributed by atoms with Crippen molar-refractivity contribution in [2.75, 3.05) is 5.32 Å². The van der Waals surface area contributed by atoms with Gasteiger partial charge in [0.1, 0.15) is 0 Å². The summed E-state index contributed by atoms with van der Waals surface area (Å²) < 4.78 is 1.64. The summed E-state index contributed by atoms with van der Waals surface area (Å²) >= 11 is 0. The van der Waals surface area contributed by atoms with Gasteiger partial charge in [0, 0.05) is 11.8 Å². The highest BCUT2D eigenvalue weighted by molar-refractivity contribution is 5.91. The second kappa shape index (κ2) is 8.50. The van der Waals surface area contributed by atoms with Gasteiger partial charge in [0.15, 0.2) is 12.4 Å². The van der Waals surface area contributed by atoms with Crippen LogP contribution in [-0.2, 0) is 11.3 Å². The molecule has 0 atom stereocenters. The first kappa shape index (κ1) is 18.1. The molecule has 0 saturated heterocycles. The van der Waals surface area contributed by atoms with Crippen LogP contribution in [0.2, 0.25) is 0 Å². The highest BCUT2D eigenvalue weighted by Gasteiger charge is 2.10. The van der Waals surface area contributed by atoms with E-state index in [1.165, 1.54) is 30.5 Å². The average Bonchev–Trinajstić information content (AvgIpc) is 2.48. The minimum Gasteiger partial charge on any atom is -1.00 e. The average molecular weight is 336 g/mol. The SMILES string of the molecule is O=C(C[n+]1cccc(/C=N/O)c1)Nc1ccc(C(=O)O)cc1.[Cl-]. The van der Waals surface area contributed by atoms with Crippen molar-refractivity contribution in [2.24, 2.45) is 5.16 Å². The fraction of sp³-hybridized carbons (Fsp3) is 0.0667. The van der Waals surface area contributed by atoms with E-state index in [0.717, 1.165) is 0 Å². The maximum absolute atomic E-state index is 11.9. The predicted octanol–water partition coefficient (Wildman–Crippen LogP) is -1.88. The lowest BCUT2D eigenvalue weighted by Crippen LogP contribution is -3.00.